The van der Waals surface area contributed by atoms with Gasteiger partial charge in [0.15, 0.2) is 5.58 Å². The SMILES string of the molecule is CC1CCC(C(=O)NCCCCN2CCC(c3noc4cc(F)ccc34)CC2)C(C(N)=O)C1. The molecule has 3 N–H and O–H groups in total. The highest BCUT2D eigenvalue weighted by molar-refractivity contribution is 5.87. The van der Waals surface area contributed by atoms with Gasteiger partial charge < -0.3 is 20.5 Å². The number of hydrogen-bond acceptors (Lipinski definition) is 5. The molecule has 1 aliphatic heterocycles. The van der Waals surface area contributed by atoms with Crippen LogP contribution in [0.3, 0.4) is 0 Å². The molecule has 1 aromatic heterocycles. The summed E-state index contributed by atoms with van der Waals surface area (Å²) in [4.78, 5) is 26.8. The van der Waals surface area contributed by atoms with Crippen LogP contribution in [0.15, 0.2) is 22.7 Å². The molecule has 7 nitrogen and oxygen atoms in total. The van der Waals surface area contributed by atoms with Crippen molar-refractivity contribution in [1.29, 1.82) is 0 Å². The Morgan fingerprint density at radius 3 is 2.73 bits per heavy atom. The molecule has 2 fully saturated rings. The number of primary amides is 1. The molecule has 180 valence electrons. The number of nitrogens with zero attached hydrogens (tertiary/aromatic N) is 2. The number of rotatable bonds is 8. The number of piperidine rings is 1. The summed E-state index contributed by atoms with van der Waals surface area (Å²) in [6.07, 6.45) is 6.36. The van der Waals surface area contributed by atoms with Crippen LogP contribution < -0.4 is 11.1 Å². The molecule has 2 aliphatic rings. The summed E-state index contributed by atoms with van der Waals surface area (Å²) in [6.45, 7) is 5.73. The van der Waals surface area contributed by atoms with E-state index in [9.17, 15) is 14.0 Å². The summed E-state index contributed by atoms with van der Waals surface area (Å²) >= 11 is 0. The van der Waals surface area contributed by atoms with Crippen LogP contribution in [0, 0.1) is 23.6 Å². The Labute approximate surface area is 194 Å². The summed E-state index contributed by atoms with van der Waals surface area (Å²) < 4.78 is 18.7. The fourth-order valence-electron chi connectivity index (χ4n) is 5.47. The van der Waals surface area contributed by atoms with Crippen LogP contribution in [0.25, 0.3) is 11.0 Å². The van der Waals surface area contributed by atoms with Crippen molar-refractivity contribution < 1.29 is 18.5 Å². The lowest BCUT2D eigenvalue weighted by Gasteiger charge is -2.32. The molecule has 0 bridgehead atoms. The van der Waals surface area contributed by atoms with E-state index in [1.165, 1.54) is 12.1 Å². The average Bonchev–Trinajstić information content (AvgIpc) is 3.22. The van der Waals surface area contributed by atoms with Crippen LogP contribution in [0.5, 0.6) is 0 Å². The van der Waals surface area contributed by atoms with Crippen molar-refractivity contribution in [2.75, 3.05) is 26.2 Å². The van der Waals surface area contributed by atoms with Crippen LogP contribution in [0.4, 0.5) is 4.39 Å². The number of halogens is 1. The van der Waals surface area contributed by atoms with E-state index in [1.54, 1.807) is 6.07 Å². The van der Waals surface area contributed by atoms with Crippen LogP contribution in [0.1, 0.15) is 63.5 Å². The Kier molecular flexibility index (Phi) is 7.63. The zero-order valence-electron chi connectivity index (χ0n) is 19.4. The van der Waals surface area contributed by atoms with Crippen molar-refractivity contribution in [2.45, 2.75) is 57.8 Å². The predicted molar refractivity (Wildman–Crippen MR) is 124 cm³/mol. The van der Waals surface area contributed by atoms with Crippen LogP contribution in [-0.4, -0.2) is 48.0 Å². The molecule has 1 saturated carbocycles. The highest BCUT2D eigenvalue weighted by atomic mass is 19.1. The highest BCUT2D eigenvalue weighted by Gasteiger charge is 2.36. The Morgan fingerprint density at radius 1 is 1.18 bits per heavy atom. The van der Waals surface area contributed by atoms with Crippen molar-refractivity contribution in [3.8, 4) is 0 Å². The van der Waals surface area contributed by atoms with Gasteiger partial charge in [0.25, 0.3) is 0 Å². The second-order valence-electron chi connectivity index (χ2n) is 9.86. The van der Waals surface area contributed by atoms with E-state index in [4.69, 9.17) is 10.3 Å². The quantitative estimate of drug-likeness (QED) is 0.589. The average molecular weight is 459 g/mol. The molecular weight excluding hydrogens is 423 g/mol. The molecule has 3 atom stereocenters. The number of hydrogen-bond donors (Lipinski definition) is 2. The van der Waals surface area contributed by atoms with Gasteiger partial charge >= 0.3 is 0 Å². The first-order chi connectivity index (χ1) is 15.9. The lowest BCUT2D eigenvalue weighted by molar-refractivity contribution is -0.135. The normalized spacial score (nSPS) is 24.7. The number of nitrogens with one attached hydrogen (secondary N) is 1. The maximum Gasteiger partial charge on any atom is 0.223 e. The number of carbonyl (C=O) groups is 2. The standard InChI is InChI=1S/C25H35FN4O3/c1-16-4-6-19(21(14-16)24(27)31)25(32)28-10-2-3-11-30-12-8-17(9-13-30)23-20-7-5-18(26)15-22(20)33-29-23/h5,7,15-17,19,21H,2-4,6,8-14H2,1H3,(H2,27,31)(H,28,32). The largest absolute Gasteiger partial charge is 0.369 e. The Morgan fingerprint density at radius 2 is 1.97 bits per heavy atom. The highest BCUT2D eigenvalue weighted by Crippen LogP contribution is 2.34. The number of fused-ring (bicyclic) bond motifs is 1. The minimum absolute atomic E-state index is 0.0220. The zero-order chi connectivity index (χ0) is 23.4. The predicted octanol–water partition coefficient (Wildman–Crippen LogP) is 3.58. The number of likely N-dealkylation sites (tertiary alicyclic amines) is 1. The first kappa shape index (κ1) is 23.7. The van der Waals surface area contributed by atoms with E-state index in [2.05, 4.69) is 22.3 Å². The van der Waals surface area contributed by atoms with Gasteiger partial charge in [-0.25, -0.2) is 4.39 Å². The van der Waals surface area contributed by atoms with E-state index in [-0.39, 0.29) is 29.5 Å². The van der Waals surface area contributed by atoms with Gasteiger partial charge in [0.2, 0.25) is 11.8 Å². The maximum atomic E-state index is 13.4. The van der Waals surface area contributed by atoms with Gasteiger partial charge in [0, 0.05) is 35.8 Å². The first-order valence-electron chi connectivity index (χ1n) is 12.3. The van der Waals surface area contributed by atoms with Gasteiger partial charge in [-0.05, 0) is 82.6 Å². The number of unbranched alkanes of at least 4 members (excludes halogenated alkanes) is 1. The number of nitrogens with two attached hydrogens (primary N) is 1. The summed E-state index contributed by atoms with van der Waals surface area (Å²) in [6, 6.07) is 4.61. The van der Waals surface area contributed by atoms with E-state index < -0.39 is 0 Å². The first-order valence-corrected chi connectivity index (χ1v) is 12.3. The van der Waals surface area contributed by atoms with Gasteiger partial charge in [0.1, 0.15) is 5.82 Å². The molecule has 8 heteroatoms. The van der Waals surface area contributed by atoms with Crippen molar-refractivity contribution in [2.24, 2.45) is 23.5 Å². The van der Waals surface area contributed by atoms with E-state index in [1.807, 2.05) is 0 Å². The van der Waals surface area contributed by atoms with Crippen LogP contribution >= 0.6 is 0 Å². The fourth-order valence-corrected chi connectivity index (χ4v) is 5.47. The molecule has 33 heavy (non-hydrogen) atoms. The monoisotopic (exact) mass is 458 g/mol. The molecule has 3 unspecified atom stereocenters. The van der Waals surface area contributed by atoms with Crippen molar-refractivity contribution in [1.82, 2.24) is 15.4 Å². The minimum Gasteiger partial charge on any atom is -0.369 e. The van der Waals surface area contributed by atoms with Crippen molar-refractivity contribution >= 4 is 22.8 Å². The number of amides is 2. The third kappa shape index (κ3) is 5.72. The molecule has 4 rings (SSSR count). The van der Waals surface area contributed by atoms with Gasteiger partial charge in [-0.1, -0.05) is 12.1 Å². The summed E-state index contributed by atoms with van der Waals surface area (Å²) in [5.41, 5.74) is 7.00. The van der Waals surface area contributed by atoms with E-state index in [0.29, 0.717) is 30.4 Å². The Hall–Kier alpha value is -2.48. The molecule has 0 spiro atoms. The van der Waals surface area contributed by atoms with Gasteiger partial charge in [-0.2, -0.15) is 0 Å². The molecule has 0 radical (unpaired) electrons. The Balaban J connectivity index is 1.15. The lowest BCUT2D eigenvalue weighted by Crippen LogP contribution is -2.43. The van der Waals surface area contributed by atoms with Crippen molar-refractivity contribution in [3.05, 3.63) is 29.7 Å². The minimum atomic E-state index is -0.351. The fraction of sp³-hybridized carbons (Fsp3) is 0.640. The molecule has 2 aromatic rings. The third-order valence-corrected chi connectivity index (χ3v) is 7.45. The second kappa shape index (κ2) is 10.6. The van der Waals surface area contributed by atoms with Crippen molar-refractivity contribution in [3.63, 3.8) is 0 Å². The number of aromatic nitrogens is 1. The van der Waals surface area contributed by atoms with Gasteiger partial charge in [-0.15, -0.1) is 0 Å². The van der Waals surface area contributed by atoms with Gasteiger partial charge in [0.05, 0.1) is 5.69 Å². The second-order valence-corrected chi connectivity index (χ2v) is 9.86. The molecule has 1 saturated heterocycles. The topological polar surface area (TPSA) is 101 Å². The smallest absolute Gasteiger partial charge is 0.223 e. The zero-order valence-corrected chi connectivity index (χ0v) is 19.4. The van der Waals surface area contributed by atoms with E-state index >= 15 is 0 Å². The molecule has 1 aliphatic carbocycles. The van der Waals surface area contributed by atoms with E-state index in [0.717, 1.165) is 69.2 Å². The Bertz CT molecular complexity index is 970. The number of carbonyl (C=O) groups excluding carboxylic acids is 2. The lowest BCUT2D eigenvalue weighted by atomic mass is 9.74. The summed E-state index contributed by atoms with van der Waals surface area (Å²) in [7, 11) is 0. The molecule has 1 aromatic carbocycles. The molecule has 2 heterocycles. The maximum absolute atomic E-state index is 13.4. The van der Waals surface area contributed by atoms with Gasteiger partial charge in [-0.3, -0.25) is 9.59 Å². The number of benzene rings is 1. The summed E-state index contributed by atoms with van der Waals surface area (Å²) in [5, 5.41) is 8.16. The molecular formula is C25H35FN4O3. The summed E-state index contributed by atoms with van der Waals surface area (Å²) in [5.74, 6) is -0.512. The van der Waals surface area contributed by atoms with Crippen LogP contribution in [0.2, 0.25) is 0 Å². The molecule has 2 amide bonds. The third-order valence-electron chi connectivity index (χ3n) is 7.45. The van der Waals surface area contributed by atoms with Crippen LogP contribution in [-0.2, 0) is 9.59 Å².